The van der Waals surface area contributed by atoms with Crippen molar-refractivity contribution in [1.82, 2.24) is 29.5 Å². The first kappa shape index (κ1) is 32.5. The van der Waals surface area contributed by atoms with E-state index in [2.05, 4.69) is 14.9 Å². The molecule has 0 atom stereocenters. The number of carbonyl (C=O) groups excluding carboxylic acids is 1. The van der Waals surface area contributed by atoms with Crippen molar-refractivity contribution in [1.29, 1.82) is 0 Å². The number of aromatic nitrogens is 4. The molecule has 49 heavy (non-hydrogen) atoms. The molecule has 0 bridgehead atoms. The van der Waals surface area contributed by atoms with Crippen LogP contribution in [0.15, 0.2) is 79.1 Å². The largest absolute Gasteiger partial charge is 0.491 e. The second-order valence-corrected chi connectivity index (χ2v) is 12.3. The van der Waals surface area contributed by atoms with E-state index in [-0.39, 0.29) is 11.9 Å². The maximum Gasteiger partial charge on any atom is 0.254 e. The molecule has 5 aromatic rings. The quantitative estimate of drug-likeness (QED) is 0.158. The number of carbonyl (C=O) groups is 1. The first-order chi connectivity index (χ1) is 24.0. The molecule has 2 aromatic heterocycles. The molecule has 2 aliphatic rings. The zero-order valence-electron chi connectivity index (χ0n) is 27.7. The van der Waals surface area contributed by atoms with E-state index in [9.17, 15) is 4.79 Å². The van der Waals surface area contributed by atoms with Crippen molar-refractivity contribution in [3.63, 3.8) is 0 Å². The van der Waals surface area contributed by atoms with Crippen LogP contribution in [0.25, 0.3) is 22.3 Å². The van der Waals surface area contributed by atoms with Crippen molar-refractivity contribution >= 4 is 22.8 Å². The fourth-order valence-corrected chi connectivity index (χ4v) is 6.41. The molecular formula is C37H41N7O5. The number of ether oxygens (including phenoxy) is 4. The predicted octanol–water partition coefficient (Wildman–Crippen LogP) is 5.20. The monoisotopic (exact) mass is 663 g/mol. The Morgan fingerprint density at radius 1 is 0.837 bits per heavy atom. The highest BCUT2D eigenvalue weighted by molar-refractivity contribution is 5.99. The standard InChI is InChI=1S/C37H41N7O5/c1-42-24-27-23-31(11-12-32(27)37(42)45)48-22-21-47-20-19-46-18-17-43-15-13-28(14-16-43)44-36-33(35(38)39-25-40-36)34(41-44)26-7-9-30(10-8-26)49-29-5-3-2-4-6-29/h2-12,23,25,28H,13-22,24H2,1H3,(H2,38,39,40). The average molecular weight is 664 g/mol. The molecule has 7 rings (SSSR count). The van der Waals surface area contributed by atoms with E-state index in [0.717, 1.165) is 83.1 Å². The average Bonchev–Trinajstić information content (AvgIpc) is 3.66. The predicted molar refractivity (Wildman–Crippen MR) is 186 cm³/mol. The van der Waals surface area contributed by atoms with Gasteiger partial charge in [0.2, 0.25) is 0 Å². The highest BCUT2D eigenvalue weighted by Gasteiger charge is 2.26. The second kappa shape index (κ2) is 15.0. The first-order valence-corrected chi connectivity index (χ1v) is 16.7. The van der Waals surface area contributed by atoms with Crippen molar-refractivity contribution in [2.75, 3.05) is 65.5 Å². The van der Waals surface area contributed by atoms with Crippen LogP contribution in [0.1, 0.15) is 34.8 Å². The van der Waals surface area contributed by atoms with Crippen molar-refractivity contribution < 1.29 is 23.7 Å². The summed E-state index contributed by atoms with van der Waals surface area (Å²) in [4.78, 5) is 25.1. The third-order valence-electron chi connectivity index (χ3n) is 9.01. The zero-order valence-corrected chi connectivity index (χ0v) is 27.7. The van der Waals surface area contributed by atoms with Gasteiger partial charge in [-0.25, -0.2) is 14.6 Å². The normalized spacial score (nSPS) is 15.2. The zero-order chi connectivity index (χ0) is 33.6. The van der Waals surface area contributed by atoms with E-state index in [4.69, 9.17) is 29.8 Å². The number of hydrogen-bond donors (Lipinski definition) is 1. The van der Waals surface area contributed by atoms with Gasteiger partial charge in [0.25, 0.3) is 5.91 Å². The summed E-state index contributed by atoms with van der Waals surface area (Å²) in [6, 6.07) is 23.4. The van der Waals surface area contributed by atoms with Crippen molar-refractivity contribution in [2.45, 2.75) is 25.4 Å². The van der Waals surface area contributed by atoms with Crippen LogP contribution in [-0.4, -0.2) is 95.2 Å². The highest BCUT2D eigenvalue weighted by atomic mass is 16.5. The van der Waals surface area contributed by atoms with Gasteiger partial charge >= 0.3 is 0 Å². The highest BCUT2D eigenvalue weighted by Crippen LogP contribution is 2.35. The Balaban J connectivity index is 0.839. The molecule has 0 saturated carbocycles. The third-order valence-corrected chi connectivity index (χ3v) is 9.01. The topological polar surface area (TPSA) is 130 Å². The number of nitrogen functional groups attached to an aromatic ring is 1. The molecule has 12 nitrogen and oxygen atoms in total. The maximum atomic E-state index is 12.0. The van der Waals surface area contributed by atoms with E-state index in [0.29, 0.717) is 45.4 Å². The van der Waals surface area contributed by atoms with Crippen molar-refractivity contribution in [3.8, 4) is 28.5 Å². The van der Waals surface area contributed by atoms with Crippen LogP contribution >= 0.6 is 0 Å². The molecule has 2 N–H and O–H groups in total. The third kappa shape index (κ3) is 7.51. The van der Waals surface area contributed by atoms with Crippen LogP contribution in [0.2, 0.25) is 0 Å². The lowest BCUT2D eigenvalue weighted by atomic mass is 10.1. The molecular weight excluding hydrogens is 622 g/mol. The molecule has 0 unspecified atom stereocenters. The number of para-hydroxylation sites is 1. The van der Waals surface area contributed by atoms with E-state index in [1.807, 2.05) is 77.5 Å². The Bertz CT molecular complexity index is 1870. The van der Waals surface area contributed by atoms with Gasteiger partial charge in [0.1, 0.15) is 41.7 Å². The molecule has 4 heterocycles. The van der Waals surface area contributed by atoms with Crippen LogP contribution in [-0.2, 0) is 16.0 Å². The van der Waals surface area contributed by atoms with Crippen LogP contribution < -0.4 is 15.2 Å². The lowest BCUT2D eigenvalue weighted by Gasteiger charge is -2.32. The van der Waals surface area contributed by atoms with Crippen molar-refractivity contribution in [2.24, 2.45) is 0 Å². The molecule has 1 amide bonds. The summed E-state index contributed by atoms with van der Waals surface area (Å²) < 4.78 is 25.3. The van der Waals surface area contributed by atoms with Gasteiger partial charge in [-0.15, -0.1) is 0 Å². The molecule has 0 spiro atoms. The molecule has 1 fully saturated rings. The number of rotatable bonds is 14. The minimum Gasteiger partial charge on any atom is -0.491 e. The van der Waals surface area contributed by atoms with Gasteiger partial charge in [-0.1, -0.05) is 18.2 Å². The summed E-state index contributed by atoms with van der Waals surface area (Å²) in [6.45, 7) is 5.98. The Morgan fingerprint density at radius 2 is 1.55 bits per heavy atom. The van der Waals surface area contributed by atoms with Crippen LogP contribution in [0.5, 0.6) is 17.2 Å². The van der Waals surface area contributed by atoms with Gasteiger partial charge in [-0.2, -0.15) is 5.10 Å². The van der Waals surface area contributed by atoms with E-state index >= 15 is 0 Å². The molecule has 12 heteroatoms. The van der Waals surface area contributed by atoms with E-state index in [1.54, 1.807) is 11.9 Å². The summed E-state index contributed by atoms with van der Waals surface area (Å²) in [5, 5.41) is 5.83. The van der Waals surface area contributed by atoms with Crippen LogP contribution in [0.4, 0.5) is 5.82 Å². The molecule has 1 saturated heterocycles. The number of benzene rings is 3. The number of hydrogen-bond acceptors (Lipinski definition) is 10. The number of anilines is 1. The summed E-state index contributed by atoms with van der Waals surface area (Å²) in [7, 11) is 1.80. The van der Waals surface area contributed by atoms with Gasteiger partial charge in [0.05, 0.1) is 37.9 Å². The first-order valence-electron chi connectivity index (χ1n) is 16.7. The summed E-state index contributed by atoms with van der Waals surface area (Å²) >= 11 is 0. The van der Waals surface area contributed by atoms with Gasteiger partial charge in [-0.05, 0) is 73.0 Å². The lowest BCUT2D eigenvalue weighted by Crippen LogP contribution is -2.37. The van der Waals surface area contributed by atoms with Gasteiger partial charge < -0.3 is 34.5 Å². The molecule has 254 valence electrons. The summed E-state index contributed by atoms with van der Waals surface area (Å²) in [5.41, 5.74) is 10.6. The fourth-order valence-electron chi connectivity index (χ4n) is 6.41. The SMILES string of the molecule is CN1Cc2cc(OCCOCCOCCN3CCC(n4nc(-c5ccc(Oc6ccccc6)cc5)c5c(N)ncnc54)CC3)ccc2C1=O. The van der Waals surface area contributed by atoms with Gasteiger partial charge in [0, 0.05) is 44.4 Å². The molecule has 0 radical (unpaired) electrons. The number of nitrogens with zero attached hydrogens (tertiary/aromatic N) is 6. The molecule has 0 aliphatic carbocycles. The summed E-state index contributed by atoms with van der Waals surface area (Å²) in [6.07, 6.45) is 3.41. The number of piperidine rings is 1. The molecule has 3 aromatic carbocycles. The van der Waals surface area contributed by atoms with Crippen LogP contribution in [0.3, 0.4) is 0 Å². The number of likely N-dealkylation sites (tertiary alicyclic amines) is 1. The van der Waals surface area contributed by atoms with Crippen LogP contribution in [0, 0.1) is 0 Å². The van der Waals surface area contributed by atoms with E-state index < -0.39 is 0 Å². The minimum atomic E-state index is 0.0573. The fraction of sp³-hybridized carbons (Fsp3) is 0.351. The summed E-state index contributed by atoms with van der Waals surface area (Å²) in [5.74, 6) is 2.77. The lowest BCUT2D eigenvalue weighted by molar-refractivity contribution is 0.0263. The number of nitrogens with two attached hydrogens (primary N) is 1. The Morgan fingerprint density at radius 3 is 2.35 bits per heavy atom. The number of fused-ring (bicyclic) bond motifs is 2. The Labute approximate surface area is 285 Å². The second-order valence-electron chi connectivity index (χ2n) is 12.3. The minimum absolute atomic E-state index is 0.0573. The molecule has 2 aliphatic heterocycles. The Kier molecular flexibility index (Phi) is 9.96. The van der Waals surface area contributed by atoms with E-state index in [1.165, 1.54) is 6.33 Å². The van der Waals surface area contributed by atoms with Crippen molar-refractivity contribution in [3.05, 3.63) is 90.3 Å². The number of amides is 1. The smallest absolute Gasteiger partial charge is 0.254 e. The van der Waals surface area contributed by atoms with Gasteiger partial charge in [-0.3, -0.25) is 4.79 Å². The maximum absolute atomic E-state index is 12.0. The van der Waals surface area contributed by atoms with Gasteiger partial charge in [0.15, 0.2) is 5.65 Å². The Hall–Kier alpha value is -5.04.